The van der Waals surface area contributed by atoms with E-state index in [0.717, 1.165) is 5.56 Å². The number of hydrogen-bond acceptors (Lipinski definition) is 8. The summed E-state index contributed by atoms with van der Waals surface area (Å²) < 4.78 is 27.0. The van der Waals surface area contributed by atoms with Gasteiger partial charge in [0, 0.05) is 12.6 Å². The zero-order chi connectivity index (χ0) is 18.0. The Kier molecular flexibility index (Phi) is 4.33. The number of nitro groups is 1. The van der Waals surface area contributed by atoms with Gasteiger partial charge in [0.15, 0.2) is 5.52 Å². The van der Waals surface area contributed by atoms with Crippen molar-refractivity contribution in [3.8, 4) is 0 Å². The number of rotatable bonds is 6. The number of non-ortho nitro benzene ring substituents is 1. The normalized spacial score (nSPS) is 11.6. The van der Waals surface area contributed by atoms with Crippen molar-refractivity contribution in [2.24, 2.45) is 5.14 Å². The molecule has 11 heteroatoms. The lowest BCUT2D eigenvalue weighted by atomic mass is 10.1. The zero-order valence-electron chi connectivity index (χ0n) is 12.7. The van der Waals surface area contributed by atoms with Crippen LogP contribution in [0.15, 0.2) is 45.9 Å². The standard InChI is InChI=1S/C14H13N5O5S/c15-25(22,23)10-3-1-9(2-4-10)7-8-16-11-5-6-12(19(20)21)14-13(11)17-24-18-14/h1-6,16H,7-8H2,(H2,15,22,23). The molecule has 0 fully saturated rings. The minimum absolute atomic E-state index is 0.0509. The molecule has 1 aromatic heterocycles. The number of benzene rings is 2. The minimum atomic E-state index is -3.71. The Labute approximate surface area is 141 Å². The molecule has 1 heterocycles. The highest BCUT2D eigenvalue weighted by Crippen LogP contribution is 2.28. The lowest BCUT2D eigenvalue weighted by Crippen LogP contribution is -2.12. The second-order valence-electron chi connectivity index (χ2n) is 5.22. The van der Waals surface area contributed by atoms with E-state index < -0.39 is 14.9 Å². The van der Waals surface area contributed by atoms with E-state index in [2.05, 4.69) is 20.3 Å². The summed E-state index contributed by atoms with van der Waals surface area (Å²) in [6, 6.07) is 9.09. The van der Waals surface area contributed by atoms with Gasteiger partial charge in [0.05, 0.1) is 15.5 Å². The molecule has 130 valence electrons. The molecular weight excluding hydrogens is 350 g/mol. The molecule has 0 aliphatic rings. The molecule has 3 rings (SSSR count). The zero-order valence-corrected chi connectivity index (χ0v) is 13.6. The van der Waals surface area contributed by atoms with Crippen molar-refractivity contribution >= 4 is 32.4 Å². The topological polar surface area (TPSA) is 154 Å². The maximum Gasteiger partial charge on any atom is 0.300 e. The molecule has 0 spiro atoms. The van der Waals surface area contributed by atoms with Crippen LogP contribution in [0, 0.1) is 10.1 Å². The molecule has 25 heavy (non-hydrogen) atoms. The number of hydrogen-bond donors (Lipinski definition) is 2. The van der Waals surface area contributed by atoms with Gasteiger partial charge in [-0.25, -0.2) is 18.2 Å². The third-order valence-electron chi connectivity index (χ3n) is 3.57. The van der Waals surface area contributed by atoms with Gasteiger partial charge in [0.2, 0.25) is 15.5 Å². The average Bonchev–Trinajstić information content (AvgIpc) is 3.04. The van der Waals surface area contributed by atoms with Crippen LogP contribution >= 0.6 is 0 Å². The molecule has 0 aliphatic heterocycles. The van der Waals surface area contributed by atoms with Crippen molar-refractivity contribution in [1.82, 2.24) is 10.3 Å². The monoisotopic (exact) mass is 363 g/mol. The molecule has 10 nitrogen and oxygen atoms in total. The molecule has 0 unspecified atom stereocenters. The predicted octanol–water partition coefficient (Wildman–Crippen LogP) is 1.43. The third-order valence-corrected chi connectivity index (χ3v) is 4.50. The fourth-order valence-corrected chi connectivity index (χ4v) is 2.85. The summed E-state index contributed by atoms with van der Waals surface area (Å²) in [5.74, 6) is 0. The summed E-state index contributed by atoms with van der Waals surface area (Å²) in [6.45, 7) is 0.495. The van der Waals surface area contributed by atoms with Crippen LogP contribution in [-0.2, 0) is 16.4 Å². The smallest absolute Gasteiger partial charge is 0.300 e. The van der Waals surface area contributed by atoms with Gasteiger partial charge in [-0.1, -0.05) is 12.1 Å². The number of nitrogens with two attached hydrogens (primary N) is 1. The fraction of sp³-hybridized carbons (Fsp3) is 0.143. The summed E-state index contributed by atoms with van der Waals surface area (Å²) in [6.07, 6.45) is 0.592. The molecule has 3 aromatic rings. The number of aromatic nitrogens is 2. The van der Waals surface area contributed by atoms with E-state index in [9.17, 15) is 18.5 Å². The number of nitrogens with zero attached hydrogens (tertiary/aromatic N) is 3. The lowest BCUT2D eigenvalue weighted by Gasteiger charge is -2.07. The van der Waals surface area contributed by atoms with E-state index in [0.29, 0.717) is 18.7 Å². The van der Waals surface area contributed by atoms with Crippen molar-refractivity contribution in [1.29, 1.82) is 0 Å². The van der Waals surface area contributed by atoms with Crippen molar-refractivity contribution < 1.29 is 18.0 Å². The summed E-state index contributed by atoms with van der Waals surface area (Å²) in [5.41, 5.74) is 1.63. The van der Waals surface area contributed by atoms with Gasteiger partial charge in [-0.3, -0.25) is 10.1 Å². The minimum Gasteiger partial charge on any atom is -0.383 e. The van der Waals surface area contributed by atoms with Crippen LogP contribution in [0.3, 0.4) is 0 Å². The van der Waals surface area contributed by atoms with E-state index in [4.69, 9.17) is 5.14 Å². The Morgan fingerprint density at radius 2 is 1.80 bits per heavy atom. The molecule has 0 saturated carbocycles. The number of primary sulfonamides is 1. The number of sulfonamides is 1. The highest BCUT2D eigenvalue weighted by Gasteiger charge is 2.19. The lowest BCUT2D eigenvalue weighted by molar-refractivity contribution is -0.383. The van der Waals surface area contributed by atoms with Crippen LogP contribution in [0.1, 0.15) is 5.56 Å². The van der Waals surface area contributed by atoms with Crippen molar-refractivity contribution in [3.05, 3.63) is 52.1 Å². The summed E-state index contributed by atoms with van der Waals surface area (Å²) in [4.78, 5) is 10.4. The molecule has 2 aromatic carbocycles. The van der Waals surface area contributed by atoms with Gasteiger partial charge in [-0.05, 0) is 40.5 Å². The highest BCUT2D eigenvalue weighted by atomic mass is 32.2. The molecular formula is C14H13N5O5S. The van der Waals surface area contributed by atoms with Crippen LogP contribution in [0.2, 0.25) is 0 Å². The van der Waals surface area contributed by atoms with E-state index in [-0.39, 0.29) is 21.6 Å². The number of fused-ring (bicyclic) bond motifs is 1. The largest absolute Gasteiger partial charge is 0.383 e. The van der Waals surface area contributed by atoms with Gasteiger partial charge >= 0.3 is 5.69 Å². The first-order valence-electron chi connectivity index (χ1n) is 7.11. The van der Waals surface area contributed by atoms with Crippen LogP contribution in [-0.4, -0.2) is 30.2 Å². The molecule has 0 bridgehead atoms. The molecule has 3 N–H and O–H groups in total. The quantitative estimate of drug-likeness (QED) is 0.492. The molecule has 0 radical (unpaired) electrons. The highest BCUT2D eigenvalue weighted by molar-refractivity contribution is 7.89. The van der Waals surface area contributed by atoms with Crippen LogP contribution in [0.5, 0.6) is 0 Å². The summed E-state index contributed by atoms with van der Waals surface area (Å²) in [7, 11) is -3.71. The first-order chi connectivity index (χ1) is 11.9. The van der Waals surface area contributed by atoms with Crippen LogP contribution in [0.4, 0.5) is 11.4 Å². The summed E-state index contributed by atoms with van der Waals surface area (Å²) >= 11 is 0. The maximum absolute atomic E-state index is 11.2. The van der Waals surface area contributed by atoms with E-state index in [1.165, 1.54) is 24.3 Å². The predicted molar refractivity (Wildman–Crippen MR) is 88.5 cm³/mol. The first-order valence-corrected chi connectivity index (χ1v) is 8.66. The number of nitrogens with one attached hydrogen (secondary N) is 1. The molecule has 0 amide bonds. The Morgan fingerprint density at radius 1 is 1.12 bits per heavy atom. The molecule has 0 atom stereocenters. The van der Waals surface area contributed by atoms with Crippen molar-refractivity contribution in [3.63, 3.8) is 0 Å². The third kappa shape index (κ3) is 3.56. The van der Waals surface area contributed by atoms with E-state index in [1.54, 1.807) is 12.1 Å². The number of nitro benzene ring substituents is 1. The van der Waals surface area contributed by atoms with Gasteiger partial charge in [0.1, 0.15) is 0 Å². The van der Waals surface area contributed by atoms with E-state index in [1.807, 2.05) is 0 Å². The van der Waals surface area contributed by atoms with E-state index >= 15 is 0 Å². The SMILES string of the molecule is NS(=O)(=O)c1ccc(CCNc2ccc([N+](=O)[O-])c3nonc23)cc1. The first kappa shape index (κ1) is 16.8. The molecule has 0 aliphatic carbocycles. The van der Waals surface area contributed by atoms with Crippen LogP contribution in [0.25, 0.3) is 11.0 Å². The average molecular weight is 363 g/mol. The van der Waals surface area contributed by atoms with Gasteiger partial charge in [-0.2, -0.15) is 0 Å². The Bertz CT molecular complexity index is 1030. The Morgan fingerprint density at radius 3 is 2.44 bits per heavy atom. The van der Waals surface area contributed by atoms with Crippen molar-refractivity contribution in [2.75, 3.05) is 11.9 Å². The van der Waals surface area contributed by atoms with Crippen LogP contribution < -0.4 is 10.5 Å². The second-order valence-corrected chi connectivity index (χ2v) is 6.78. The molecule has 0 saturated heterocycles. The van der Waals surface area contributed by atoms with Gasteiger partial charge in [-0.15, -0.1) is 0 Å². The van der Waals surface area contributed by atoms with Crippen molar-refractivity contribution in [2.45, 2.75) is 11.3 Å². The Balaban J connectivity index is 1.70. The summed E-state index contributed by atoms with van der Waals surface area (Å²) in [5, 5.41) is 26.4. The van der Waals surface area contributed by atoms with Gasteiger partial charge in [0.25, 0.3) is 0 Å². The second kappa shape index (κ2) is 6.45. The fourth-order valence-electron chi connectivity index (χ4n) is 2.33. The number of anilines is 1. The maximum atomic E-state index is 11.2. The Hall–Kier alpha value is -3.05. The van der Waals surface area contributed by atoms with Gasteiger partial charge < -0.3 is 5.32 Å².